The molecule has 0 amide bonds. The van der Waals surface area contributed by atoms with Crippen LogP contribution in [0.1, 0.15) is 29.7 Å². The summed E-state index contributed by atoms with van der Waals surface area (Å²) in [5.74, 6) is 6.08. The second kappa shape index (κ2) is 6.91. The molecule has 1 aromatic heterocycles. The number of nitrogens with zero attached hydrogens (tertiary/aromatic N) is 1. The first-order valence-corrected chi connectivity index (χ1v) is 7.24. The molecule has 2 heterocycles. The van der Waals surface area contributed by atoms with E-state index in [2.05, 4.69) is 22.1 Å². The van der Waals surface area contributed by atoms with Crippen molar-refractivity contribution in [3.63, 3.8) is 0 Å². The predicted octanol–water partition coefficient (Wildman–Crippen LogP) is 1.44. The Morgan fingerprint density at radius 1 is 1.44 bits per heavy atom. The standard InChI is InChI=1S/C14H19NO2S/c16-8-2-1-4-12-6-9-18-14(12)10-15-7-3-5-13(15)11-17/h6,9,13,16-17H,2-3,5,7-8,10-11H2. The van der Waals surface area contributed by atoms with E-state index in [1.807, 2.05) is 6.07 Å². The molecule has 1 aliphatic rings. The molecule has 0 radical (unpaired) electrons. The summed E-state index contributed by atoms with van der Waals surface area (Å²) < 4.78 is 0. The average Bonchev–Trinajstić information content (AvgIpc) is 3.00. The fourth-order valence-electron chi connectivity index (χ4n) is 2.28. The van der Waals surface area contributed by atoms with Gasteiger partial charge in [-0.05, 0) is 30.8 Å². The highest BCUT2D eigenvalue weighted by Gasteiger charge is 2.24. The van der Waals surface area contributed by atoms with Gasteiger partial charge in [-0.1, -0.05) is 11.8 Å². The van der Waals surface area contributed by atoms with Crippen molar-refractivity contribution in [1.29, 1.82) is 0 Å². The van der Waals surface area contributed by atoms with Crippen LogP contribution in [-0.2, 0) is 6.54 Å². The predicted molar refractivity (Wildman–Crippen MR) is 73.4 cm³/mol. The topological polar surface area (TPSA) is 43.7 Å². The maximum Gasteiger partial charge on any atom is 0.0587 e. The molecule has 1 saturated heterocycles. The van der Waals surface area contributed by atoms with Crippen LogP contribution in [0.25, 0.3) is 0 Å². The molecule has 1 aliphatic heterocycles. The number of rotatable bonds is 4. The number of likely N-dealkylation sites (tertiary alicyclic amines) is 1. The summed E-state index contributed by atoms with van der Waals surface area (Å²) in [6, 6.07) is 2.35. The van der Waals surface area contributed by atoms with Crippen LogP contribution < -0.4 is 0 Å². The summed E-state index contributed by atoms with van der Waals surface area (Å²) in [6.45, 7) is 2.31. The fourth-order valence-corrected chi connectivity index (χ4v) is 3.14. The van der Waals surface area contributed by atoms with Gasteiger partial charge in [-0.3, -0.25) is 4.90 Å². The smallest absolute Gasteiger partial charge is 0.0587 e. The Morgan fingerprint density at radius 2 is 2.33 bits per heavy atom. The van der Waals surface area contributed by atoms with E-state index in [0.29, 0.717) is 12.5 Å². The molecule has 2 rings (SSSR count). The zero-order chi connectivity index (χ0) is 12.8. The Balaban J connectivity index is 2.01. The quantitative estimate of drug-likeness (QED) is 0.810. The molecule has 1 aromatic rings. The summed E-state index contributed by atoms with van der Waals surface area (Å²) in [6.07, 6.45) is 2.79. The first kappa shape index (κ1) is 13.6. The van der Waals surface area contributed by atoms with Gasteiger partial charge in [0.1, 0.15) is 0 Å². The number of hydrogen-bond donors (Lipinski definition) is 2. The average molecular weight is 265 g/mol. The van der Waals surface area contributed by atoms with Crippen LogP contribution in [-0.4, -0.2) is 40.9 Å². The number of aliphatic hydroxyl groups excluding tert-OH is 2. The molecule has 1 fully saturated rings. The molecule has 0 aliphatic carbocycles. The van der Waals surface area contributed by atoms with Gasteiger partial charge in [-0.15, -0.1) is 11.3 Å². The third kappa shape index (κ3) is 3.33. The highest BCUT2D eigenvalue weighted by atomic mass is 32.1. The third-order valence-corrected chi connectivity index (χ3v) is 4.17. The van der Waals surface area contributed by atoms with E-state index in [4.69, 9.17) is 5.11 Å². The van der Waals surface area contributed by atoms with Crippen LogP contribution in [0.5, 0.6) is 0 Å². The first-order chi connectivity index (χ1) is 8.85. The minimum Gasteiger partial charge on any atom is -0.395 e. The van der Waals surface area contributed by atoms with Gasteiger partial charge in [0.15, 0.2) is 0 Å². The Labute approximate surface area is 112 Å². The zero-order valence-electron chi connectivity index (χ0n) is 10.4. The van der Waals surface area contributed by atoms with E-state index in [0.717, 1.165) is 25.1 Å². The van der Waals surface area contributed by atoms with Crippen molar-refractivity contribution in [2.24, 2.45) is 0 Å². The van der Waals surface area contributed by atoms with E-state index >= 15 is 0 Å². The molecular formula is C14H19NO2S. The molecule has 0 spiro atoms. The summed E-state index contributed by atoms with van der Waals surface area (Å²) in [5, 5.41) is 20.1. The molecule has 0 aromatic carbocycles. The SMILES string of the molecule is OCCC#Cc1ccsc1CN1CCCC1CO. The Bertz CT molecular complexity index is 432. The Kier molecular flexibility index (Phi) is 5.21. The van der Waals surface area contributed by atoms with Crippen LogP contribution >= 0.6 is 11.3 Å². The Hall–Kier alpha value is -0.860. The van der Waals surface area contributed by atoms with Crippen LogP contribution in [0.15, 0.2) is 11.4 Å². The Morgan fingerprint density at radius 3 is 3.11 bits per heavy atom. The van der Waals surface area contributed by atoms with Gasteiger partial charge in [-0.25, -0.2) is 0 Å². The largest absolute Gasteiger partial charge is 0.395 e. The van der Waals surface area contributed by atoms with Crippen molar-refractivity contribution in [2.75, 3.05) is 19.8 Å². The maximum absolute atomic E-state index is 9.31. The van der Waals surface area contributed by atoms with Crippen molar-refractivity contribution in [1.82, 2.24) is 4.90 Å². The van der Waals surface area contributed by atoms with E-state index in [9.17, 15) is 5.11 Å². The van der Waals surface area contributed by atoms with Crippen molar-refractivity contribution in [3.8, 4) is 11.8 Å². The monoisotopic (exact) mass is 265 g/mol. The van der Waals surface area contributed by atoms with Gasteiger partial charge < -0.3 is 10.2 Å². The molecule has 1 atom stereocenters. The summed E-state index contributed by atoms with van der Waals surface area (Å²) >= 11 is 1.72. The molecule has 0 saturated carbocycles. The first-order valence-electron chi connectivity index (χ1n) is 6.36. The number of hydrogen-bond acceptors (Lipinski definition) is 4. The van der Waals surface area contributed by atoms with E-state index < -0.39 is 0 Å². The molecule has 18 heavy (non-hydrogen) atoms. The fraction of sp³-hybridized carbons (Fsp3) is 0.571. The lowest BCUT2D eigenvalue weighted by atomic mass is 10.2. The minimum absolute atomic E-state index is 0.116. The van der Waals surface area contributed by atoms with Crippen molar-refractivity contribution < 1.29 is 10.2 Å². The lowest BCUT2D eigenvalue weighted by Crippen LogP contribution is -2.31. The van der Waals surface area contributed by atoms with Crippen molar-refractivity contribution in [3.05, 3.63) is 21.9 Å². The van der Waals surface area contributed by atoms with Crippen LogP contribution in [0.4, 0.5) is 0 Å². The molecule has 2 N–H and O–H groups in total. The molecule has 1 unspecified atom stereocenters. The van der Waals surface area contributed by atoms with Crippen LogP contribution in [0, 0.1) is 11.8 Å². The van der Waals surface area contributed by atoms with E-state index in [-0.39, 0.29) is 13.2 Å². The second-order valence-electron chi connectivity index (χ2n) is 4.48. The normalized spacial score (nSPS) is 19.8. The summed E-state index contributed by atoms with van der Waals surface area (Å²) in [7, 11) is 0. The van der Waals surface area contributed by atoms with Crippen molar-refractivity contribution in [2.45, 2.75) is 31.8 Å². The molecule has 98 valence electrons. The molecule has 0 bridgehead atoms. The molecular weight excluding hydrogens is 246 g/mol. The maximum atomic E-state index is 9.31. The lowest BCUT2D eigenvalue weighted by Gasteiger charge is -2.21. The number of aliphatic hydroxyl groups is 2. The molecule has 3 nitrogen and oxygen atoms in total. The minimum atomic E-state index is 0.116. The van der Waals surface area contributed by atoms with Gasteiger partial charge in [-0.2, -0.15) is 0 Å². The van der Waals surface area contributed by atoms with Crippen LogP contribution in [0.3, 0.4) is 0 Å². The summed E-state index contributed by atoms with van der Waals surface area (Å²) in [5.41, 5.74) is 1.07. The van der Waals surface area contributed by atoms with Gasteiger partial charge in [0.2, 0.25) is 0 Å². The van der Waals surface area contributed by atoms with Crippen LogP contribution in [0.2, 0.25) is 0 Å². The zero-order valence-corrected chi connectivity index (χ0v) is 11.2. The highest BCUT2D eigenvalue weighted by molar-refractivity contribution is 7.10. The lowest BCUT2D eigenvalue weighted by molar-refractivity contribution is 0.154. The van der Waals surface area contributed by atoms with Gasteiger partial charge >= 0.3 is 0 Å². The van der Waals surface area contributed by atoms with Crippen molar-refractivity contribution >= 4 is 11.3 Å². The van der Waals surface area contributed by atoms with E-state index in [1.54, 1.807) is 11.3 Å². The number of thiophene rings is 1. The second-order valence-corrected chi connectivity index (χ2v) is 5.48. The molecule has 4 heteroatoms. The highest BCUT2D eigenvalue weighted by Crippen LogP contribution is 2.24. The van der Waals surface area contributed by atoms with Gasteiger partial charge in [0.25, 0.3) is 0 Å². The van der Waals surface area contributed by atoms with Gasteiger partial charge in [0.05, 0.1) is 13.2 Å². The van der Waals surface area contributed by atoms with E-state index in [1.165, 1.54) is 11.3 Å². The summed E-state index contributed by atoms with van der Waals surface area (Å²) in [4.78, 5) is 3.60. The van der Waals surface area contributed by atoms with Gasteiger partial charge in [0, 0.05) is 29.4 Å². The third-order valence-electron chi connectivity index (χ3n) is 3.26.